The number of aryl methyl sites for hydroxylation is 1. The molecular formula is C24H20N4O. The predicted octanol–water partition coefficient (Wildman–Crippen LogP) is 5.09. The maximum atomic E-state index is 6.34. The molecule has 1 aliphatic carbocycles. The van der Waals surface area contributed by atoms with Gasteiger partial charge < -0.3 is 9.32 Å². The highest BCUT2D eigenvalue weighted by Crippen LogP contribution is 2.33. The van der Waals surface area contributed by atoms with Gasteiger partial charge in [0.2, 0.25) is 0 Å². The Balaban J connectivity index is 1.89. The summed E-state index contributed by atoms with van der Waals surface area (Å²) in [6.07, 6.45) is 3.49. The first-order valence-electron chi connectivity index (χ1n) is 9.49. The number of anilines is 1. The van der Waals surface area contributed by atoms with Crippen molar-refractivity contribution in [2.24, 2.45) is 4.99 Å². The molecule has 0 radical (unpaired) electrons. The molecule has 1 aliphatic heterocycles. The normalized spacial score (nSPS) is 12.2. The fourth-order valence-electron chi connectivity index (χ4n) is 3.60. The minimum atomic E-state index is 0.722. The van der Waals surface area contributed by atoms with Crippen molar-refractivity contribution in [2.75, 3.05) is 19.0 Å². The summed E-state index contributed by atoms with van der Waals surface area (Å²) in [6.45, 7) is 2.07. The Morgan fingerprint density at radius 2 is 1.69 bits per heavy atom. The average molecular weight is 380 g/mol. The lowest BCUT2D eigenvalue weighted by Gasteiger charge is -2.16. The monoisotopic (exact) mass is 380 g/mol. The smallest absolute Gasteiger partial charge is 0.155 e. The molecular weight excluding hydrogens is 360 g/mol. The Labute approximate surface area is 168 Å². The van der Waals surface area contributed by atoms with Gasteiger partial charge in [0.25, 0.3) is 0 Å². The maximum Gasteiger partial charge on any atom is 0.155 e. The highest BCUT2D eigenvalue weighted by molar-refractivity contribution is 5.97. The van der Waals surface area contributed by atoms with Crippen molar-refractivity contribution in [3.05, 3.63) is 77.9 Å². The summed E-state index contributed by atoms with van der Waals surface area (Å²) >= 11 is 0. The Morgan fingerprint density at radius 3 is 2.45 bits per heavy atom. The Hall–Kier alpha value is -3.73. The third kappa shape index (κ3) is 3.01. The van der Waals surface area contributed by atoms with E-state index in [-0.39, 0.29) is 0 Å². The summed E-state index contributed by atoms with van der Waals surface area (Å²) in [5.41, 5.74) is 5.53. The van der Waals surface area contributed by atoms with Gasteiger partial charge in [-0.3, -0.25) is 4.98 Å². The Bertz CT molecular complexity index is 1390. The number of hydrogen-bond donors (Lipinski definition) is 0. The first-order valence-corrected chi connectivity index (χ1v) is 9.49. The first-order chi connectivity index (χ1) is 14.1. The zero-order valence-electron chi connectivity index (χ0n) is 16.5. The van der Waals surface area contributed by atoms with Crippen LogP contribution in [-0.4, -0.2) is 24.1 Å². The van der Waals surface area contributed by atoms with Crippen LogP contribution in [0.3, 0.4) is 0 Å². The largest absolute Gasteiger partial charge is 0.453 e. The van der Waals surface area contributed by atoms with Crippen molar-refractivity contribution in [3.8, 4) is 11.5 Å². The fraction of sp³-hybridized carbons (Fsp3) is 0.125. The standard InChI is InChI=1S/C24H20N4O/c1-15-12-17(28(2)3)13-21-23(15)27-24-19-7-5-4-6-18(19)20(14-22(24)29-21)26-16-8-10-25-11-9-16/h4-14H,1-3H3. The molecule has 0 saturated carbocycles. The van der Waals surface area contributed by atoms with E-state index >= 15 is 0 Å². The van der Waals surface area contributed by atoms with E-state index in [4.69, 9.17) is 14.4 Å². The molecule has 5 heteroatoms. The first kappa shape index (κ1) is 17.4. The SMILES string of the molecule is Cc1cc(N(C)C)cc2oc3cc(=Nc4ccncc4)c4ccccc4c-3nc12. The van der Waals surface area contributed by atoms with Gasteiger partial charge in [-0.15, -0.1) is 0 Å². The molecule has 3 aromatic rings. The van der Waals surface area contributed by atoms with Gasteiger partial charge >= 0.3 is 0 Å². The van der Waals surface area contributed by atoms with Crippen LogP contribution in [0.5, 0.6) is 0 Å². The van der Waals surface area contributed by atoms with E-state index in [1.807, 2.05) is 50.5 Å². The lowest BCUT2D eigenvalue weighted by atomic mass is 10.0. The molecule has 0 fully saturated rings. The van der Waals surface area contributed by atoms with Crippen molar-refractivity contribution in [1.29, 1.82) is 0 Å². The van der Waals surface area contributed by atoms with Gasteiger partial charge in [-0.25, -0.2) is 9.98 Å². The molecule has 29 heavy (non-hydrogen) atoms. The van der Waals surface area contributed by atoms with Gasteiger partial charge in [0.1, 0.15) is 11.2 Å². The Morgan fingerprint density at radius 1 is 0.931 bits per heavy atom. The van der Waals surface area contributed by atoms with Crippen LogP contribution in [0.25, 0.3) is 33.3 Å². The summed E-state index contributed by atoms with van der Waals surface area (Å²) in [5.74, 6) is 0.722. The number of benzene rings is 3. The second-order valence-corrected chi connectivity index (χ2v) is 7.32. The van der Waals surface area contributed by atoms with Gasteiger partial charge in [-0.2, -0.15) is 0 Å². The summed E-state index contributed by atoms with van der Waals surface area (Å²) in [4.78, 5) is 16.0. The number of rotatable bonds is 2. The van der Waals surface area contributed by atoms with E-state index in [0.29, 0.717) is 0 Å². The third-order valence-electron chi connectivity index (χ3n) is 5.08. The lowest BCUT2D eigenvalue weighted by Crippen LogP contribution is -2.09. The summed E-state index contributed by atoms with van der Waals surface area (Å²) in [5, 5.41) is 2.92. The van der Waals surface area contributed by atoms with Crippen molar-refractivity contribution < 1.29 is 4.42 Å². The molecule has 2 heterocycles. The van der Waals surface area contributed by atoms with Crippen LogP contribution in [0, 0.1) is 6.92 Å². The molecule has 0 amide bonds. The van der Waals surface area contributed by atoms with E-state index in [9.17, 15) is 0 Å². The minimum absolute atomic E-state index is 0.722. The summed E-state index contributed by atoms with van der Waals surface area (Å²) in [6, 6.07) is 18.1. The van der Waals surface area contributed by atoms with Gasteiger partial charge in [0.15, 0.2) is 11.3 Å². The zero-order valence-corrected chi connectivity index (χ0v) is 16.5. The van der Waals surface area contributed by atoms with E-state index in [2.05, 4.69) is 35.0 Å². The van der Waals surface area contributed by atoms with Crippen LogP contribution >= 0.6 is 0 Å². The molecule has 0 bridgehead atoms. The number of aromatic nitrogens is 2. The quantitative estimate of drug-likeness (QED) is 0.316. The fourth-order valence-corrected chi connectivity index (χ4v) is 3.60. The predicted molar refractivity (Wildman–Crippen MR) is 117 cm³/mol. The van der Waals surface area contributed by atoms with E-state index in [1.165, 1.54) is 0 Å². The number of hydrogen-bond acceptors (Lipinski definition) is 5. The molecule has 142 valence electrons. The van der Waals surface area contributed by atoms with Crippen LogP contribution in [-0.2, 0) is 0 Å². The zero-order chi connectivity index (χ0) is 20.0. The van der Waals surface area contributed by atoms with Gasteiger partial charge in [-0.1, -0.05) is 24.3 Å². The van der Waals surface area contributed by atoms with Crippen LogP contribution in [0.4, 0.5) is 11.4 Å². The van der Waals surface area contributed by atoms with Crippen LogP contribution in [0.15, 0.2) is 76.4 Å². The molecule has 0 spiro atoms. The molecule has 1 aromatic heterocycles. The van der Waals surface area contributed by atoms with Gasteiger partial charge in [-0.05, 0) is 30.7 Å². The number of fused-ring (bicyclic) bond motifs is 4. The molecule has 0 unspecified atom stereocenters. The maximum absolute atomic E-state index is 6.34. The number of pyridine rings is 1. The molecule has 2 aromatic carbocycles. The minimum Gasteiger partial charge on any atom is -0.453 e. The van der Waals surface area contributed by atoms with E-state index < -0.39 is 0 Å². The second-order valence-electron chi connectivity index (χ2n) is 7.32. The second kappa shape index (κ2) is 6.71. The van der Waals surface area contributed by atoms with Crippen LogP contribution < -0.4 is 10.3 Å². The van der Waals surface area contributed by atoms with Crippen molar-refractivity contribution in [3.63, 3.8) is 0 Å². The molecule has 0 N–H and O–H groups in total. The average Bonchev–Trinajstić information content (AvgIpc) is 2.73. The van der Waals surface area contributed by atoms with E-state index in [0.717, 1.165) is 55.6 Å². The third-order valence-corrected chi connectivity index (χ3v) is 5.08. The topological polar surface area (TPSA) is 54.5 Å². The summed E-state index contributed by atoms with van der Waals surface area (Å²) in [7, 11) is 4.04. The molecule has 2 aliphatic rings. The number of nitrogens with zero attached hydrogens (tertiary/aromatic N) is 4. The van der Waals surface area contributed by atoms with Crippen LogP contribution in [0.2, 0.25) is 0 Å². The van der Waals surface area contributed by atoms with Crippen molar-refractivity contribution in [2.45, 2.75) is 6.92 Å². The van der Waals surface area contributed by atoms with Gasteiger partial charge in [0, 0.05) is 55.1 Å². The highest BCUT2D eigenvalue weighted by atomic mass is 16.3. The lowest BCUT2D eigenvalue weighted by molar-refractivity contribution is 0.613. The molecule has 5 rings (SSSR count). The molecule has 0 saturated heterocycles. The summed E-state index contributed by atoms with van der Waals surface area (Å²) < 4.78 is 6.34. The van der Waals surface area contributed by atoms with Crippen molar-refractivity contribution in [1.82, 2.24) is 9.97 Å². The molecule has 0 atom stereocenters. The van der Waals surface area contributed by atoms with E-state index in [1.54, 1.807) is 12.4 Å². The van der Waals surface area contributed by atoms with Gasteiger partial charge in [0.05, 0.1) is 11.0 Å². The highest BCUT2D eigenvalue weighted by Gasteiger charge is 2.16. The van der Waals surface area contributed by atoms with Crippen molar-refractivity contribution >= 4 is 33.2 Å². The van der Waals surface area contributed by atoms with Crippen LogP contribution in [0.1, 0.15) is 5.56 Å². The Kier molecular flexibility index (Phi) is 4.02. The molecule has 5 nitrogen and oxygen atoms in total.